The fourth-order valence-electron chi connectivity index (χ4n) is 3.75. The summed E-state index contributed by atoms with van der Waals surface area (Å²) in [5.41, 5.74) is 1.28. The minimum Gasteiger partial charge on any atom is -0.445 e. The van der Waals surface area contributed by atoms with Gasteiger partial charge in [0.1, 0.15) is 17.3 Å². The molecule has 1 aromatic carbocycles. The number of likely N-dealkylation sites (tertiary alicyclic amines) is 1. The Morgan fingerprint density at radius 2 is 2.03 bits per heavy atom. The van der Waals surface area contributed by atoms with E-state index in [0.717, 1.165) is 18.5 Å². The summed E-state index contributed by atoms with van der Waals surface area (Å²) >= 11 is 0. The molecule has 3 aromatic rings. The Kier molecular flexibility index (Phi) is 5.13. The summed E-state index contributed by atoms with van der Waals surface area (Å²) in [5, 5.41) is 0. The molecule has 7 heteroatoms. The minimum absolute atomic E-state index is 0.137. The maximum atomic E-state index is 13.9. The van der Waals surface area contributed by atoms with Gasteiger partial charge in [0.25, 0.3) is 5.91 Å². The molecule has 0 bridgehead atoms. The van der Waals surface area contributed by atoms with Gasteiger partial charge in [-0.2, -0.15) is 0 Å². The van der Waals surface area contributed by atoms with Crippen LogP contribution in [0.3, 0.4) is 0 Å². The van der Waals surface area contributed by atoms with E-state index >= 15 is 0 Å². The number of rotatable bonds is 4. The highest BCUT2D eigenvalue weighted by Crippen LogP contribution is 2.34. The largest absolute Gasteiger partial charge is 0.445 e. The highest BCUT2D eigenvalue weighted by atomic mass is 19.1. The summed E-state index contributed by atoms with van der Waals surface area (Å²) in [5.74, 6) is 0.794. The highest BCUT2D eigenvalue weighted by Gasteiger charge is 2.39. The molecule has 0 saturated carbocycles. The number of aryl methyl sites for hydroxylation is 1. The predicted octanol–water partition coefficient (Wildman–Crippen LogP) is 3.70. The third-order valence-electron chi connectivity index (χ3n) is 5.38. The molecule has 1 aliphatic rings. The van der Waals surface area contributed by atoms with E-state index < -0.39 is 5.41 Å². The van der Waals surface area contributed by atoms with E-state index in [2.05, 4.69) is 15.0 Å². The number of nitrogens with zero attached hydrogens (tertiary/aromatic N) is 4. The van der Waals surface area contributed by atoms with Crippen LogP contribution in [0.1, 0.15) is 53.2 Å². The second kappa shape index (κ2) is 7.73. The van der Waals surface area contributed by atoms with Crippen molar-refractivity contribution >= 4 is 5.91 Å². The summed E-state index contributed by atoms with van der Waals surface area (Å²) in [7, 11) is 0. The highest BCUT2D eigenvalue weighted by molar-refractivity contribution is 5.92. The van der Waals surface area contributed by atoms with Crippen LogP contribution in [-0.4, -0.2) is 38.8 Å². The zero-order valence-electron chi connectivity index (χ0n) is 16.6. The lowest BCUT2D eigenvalue weighted by molar-refractivity contribution is 0.0619. The maximum absolute atomic E-state index is 13.9. The molecule has 0 spiro atoms. The molecule has 0 radical (unpaired) electrons. The molecule has 29 heavy (non-hydrogen) atoms. The third-order valence-corrected chi connectivity index (χ3v) is 5.38. The summed E-state index contributed by atoms with van der Waals surface area (Å²) in [4.78, 5) is 27.5. The Labute approximate surface area is 168 Å². The van der Waals surface area contributed by atoms with Gasteiger partial charge in [0.2, 0.25) is 5.89 Å². The first-order valence-electron chi connectivity index (χ1n) is 9.71. The Morgan fingerprint density at radius 3 is 2.79 bits per heavy atom. The van der Waals surface area contributed by atoms with E-state index in [4.69, 9.17) is 4.42 Å². The number of carbonyl (C=O) groups excluding carboxylic acids is 1. The van der Waals surface area contributed by atoms with E-state index in [0.29, 0.717) is 42.4 Å². The molecule has 1 fully saturated rings. The van der Waals surface area contributed by atoms with Gasteiger partial charge in [-0.15, -0.1) is 0 Å². The number of oxazole rings is 1. The van der Waals surface area contributed by atoms with Crippen LogP contribution in [0.5, 0.6) is 0 Å². The lowest BCUT2D eigenvalue weighted by atomic mass is 9.81. The van der Waals surface area contributed by atoms with Gasteiger partial charge in [0, 0.05) is 25.7 Å². The van der Waals surface area contributed by atoms with Crippen molar-refractivity contribution in [2.24, 2.45) is 0 Å². The van der Waals surface area contributed by atoms with E-state index in [1.165, 1.54) is 12.3 Å². The number of aromatic nitrogens is 3. The second-order valence-electron chi connectivity index (χ2n) is 7.83. The van der Waals surface area contributed by atoms with E-state index in [1.807, 2.05) is 13.8 Å². The minimum atomic E-state index is -0.403. The number of halogens is 1. The molecule has 2 aromatic heterocycles. The molecule has 6 nitrogen and oxygen atoms in total. The first-order valence-corrected chi connectivity index (χ1v) is 9.71. The molecule has 1 atom stereocenters. The molecule has 1 aliphatic heterocycles. The molecule has 1 saturated heterocycles. The van der Waals surface area contributed by atoms with Crippen LogP contribution in [0.15, 0.2) is 47.3 Å². The Hall–Kier alpha value is -3.09. The van der Waals surface area contributed by atoms with E-state index in [1.54, 1.807) is 35.5 Å². The quantitative estimate of drug-likeness (QED) is 0.675. The van der Waals surface area contributed by atoms with Gasteiger partial charge in [-0.25, -0.2) is 14.4 Å². The van der Waals surface area contributed by atoms with Crippen molar-refractivity contribution in [2.45, 2.75) is 38.5 Å². The summed E-state index contributed by atoms with van der Waals surface area (Å²) in [6.45, 7) is 5.03. The summed E-state index contributed by atoms with van der Waals surface area (Å²) in [6.07, 6.45) is 6.81. The normalized spacial score (nSPS) is 19.3. The van der Waals surface area contributed by atoms with Crippen LogP contribution >= 0.6 is 0 Å². The Balaban J connectivity index is 1.50. The van der Waals surface area contributed by atoms with Crippen LogP contribution in [0.4, 0.5) is 4.39 Å². The van der Waals surface area contributed by atoms with Crippen LogP contribution < -0.4 is 0 Å². The summed E-state index contributed by atoms with van der Waals surface area (Å²) < 4.78 is 19.9. The lowest BCUT2D eigenvalue weighted by Gasteiger charge is -2.38. The smallest absolute Gasteiger partial charge is 0.274 e. The Morgan fingerprint density at radius 1 is 1.21 bits per heavy atom. The van der Waals surface area contributed by atoms with Crippen molar-refractivity contribution < 1.29 is 13.6 Å². The number of carbonyl (C=O) groups is 1. The zero-order chi connectivity index (χ0) is 20.4. The second-order valence-corrected chi connectivity index (χ2v) is 7.83. The van der Waals surface area contributed by atoms with Crippen molar-refractivity contribution in [3.05, 3.63) is 77.3 Å². The van der Waals surface area contributed by atoms with Crippen LogP contribution in [-0.2, 0) is 11.8 Å². The molecule has 1 amide bonds. The molecular formula is C22H23FN4O2. The predicted molar refractivity (Wildman–Crippen MR) is 105 cm³/mol. The zero-order valence-corrected chi connectivity index (χ0v) is 16.6. The van der Waals surface area contributed by atoms with Gasteiger partial charge in [0.05, 0.1) is 23.5 Å². The van der Waals surface area contributed by atoms with Gasteiger partial charge in [0.15, 0.2) is 0 Å². The monoisotopic (exact) mass is 394 g/mol. The summed E-state index contributed by atoms with van der Waals surface area (Å²) in [6, 6.07) is 6.64. The van der Waals surface area contributed by atoms with Crippen LogP contribution in [0.25, 0.3) is 0 Å². The fourth-order valence-corrected chi connectivity index (χ4v) is 3.75. The fraction of sp³-hybridized carbons (Fsp3) is 0.364. The molecule has 3 heterocycles. The average molecular weight is 394 g/mol. The Bertz CT molecular complexity index is 1020. The van der Waals surface area contributed by atoms with Crippen molar-refractivity contribution in [3.8, 4) is 0 Å². The number of hydrogen-bond donors (Lipinski definition) is 0. The molecular weight excluding hydrogens is 371 g/mol. The number of amides is 1. The first-order chi connectivity index (χ1) is 13.9. The van der Waals surface area contributed by atoms with Crippen molar-refractivity contribution in [1.29, 1.82) is 0 Å². The topological polar surface area (TPSA) is 72.1 Å². The van der Waals surface area contributed by atoms with Crippen LogP contribution in [0, 0.1) is 12.7 Å². The lowest BCUT2D eigenvalue weighted by Crippen LogP contribution is -2.47. The molecule has 1 unspecified atom stereocenters. The molecule has 0 N–H and O–H groups in total. The van der Waals surface area contributed by atoms with Gasteiger partial charge < -0.3 is 9.32 Å². The maximum Gasteiger partial charge on any atom is 0.274 e. The first kappa shape index (κ1) is 19.2. The van der Waals surface area contributed by atoms with Gasteiger partial charge in [-0.05, 0) is 38.3 Å². The third kappa shape index (κ3) is 4.04. The van der Waals surface area contributed by atoms with Gasteiger partial charge in [-0.3, -0.25) is 9.78 Å². The molecule has 4 rings (SSSR count). The van der Waals surface area contributed by atoms with Crippen molar-refractivity contribution in [1.82, 2.24) is 19.9 Å². The number of hydrogen-bond acceptors (Lipinski definition) is 5. The standard InChI is InChI=1S/C22H23FN4O2/c1-15-11-25-19(13-24-15)20(28)27-9-5-8-22(2,14-27)21-26-12-17(29-21)10-16-6-3-4-7-18(16)23/h3-4,6-7,11-13H,5,8-10,14H2,1-2H3. The SMILES string of the molecule is Cc1cnc(C(=O)N2CCCC(C)(c3ncc(Cc4ccccc4F)o3)C2)cn1. The van der Waals surface area contributed by atoms with Crippen molar-refractivity contribution in [3.63, 3.8) is 0 Å². The van der Waals surface area contributed by atoms with E-state index in [9.17, 15) is 9.18 Å². The van der Waals surface area contributed by atoms with E-state index in [-0.39, 0.29) is 11.7 Å². The number of benzene rings is 1. The number of piperidine rings is 1. The van der Waals surface area contributed by atoms with Gasteiger partial charge in [-0.1, -0.05) is 18.2 Å². The average Bonchev–Trinajstić information content (AvgIpc) is 3.19. The molecule has 150 valence electrons. The van der Waals surface area contributed by atoms with Crippen molar-refractivity contribution in [2.75, 3.05) is 13.1 Å². The van der Waals surface area contributed by atoms with Gasteiger partial charge >= 0.3 is 0 Å². The van der Waals surface area contributed by atoms with Crippen LogP contribution in [0.2, 0.25) is 0 Å². The molecule has 0 aliphatic carbocycles.